The number of nitrogens with zero attached hydrogens (tertiary/aromatic N) is 9. The van der Waals surface area contributed by atoms with Crippen LogP contribution in [0.4, 0.5) is 0 Å². The van der Waals surface area contributed by atoms with E-state index in [1.165, 1.54) is 6.33 Å². The van der Waals surface area contributed by atoms with Gasteiger partial charge in [-0.3, -0.25) is 14.6 Å². The number of carbonyl (C=O) groups is 1. The van der Waals surface area contributed by atoms with E-state index in [4.69, 9.17) is 9.72 Å². The standard InChI is InChI=1S/C22H24N10O2/c1-4-31-13(2)15(9-26-31)19-28-17-20(29(19)3)24-12-25-21(17)34-14-5-7-30(11-14)22(33)16-10-27-32-8-6-23-18(16)32/h6,8-10,12,14,27H,4-5,7,11H2,1-3H3. The molecular weight excluding hydrogens is 436 g/mol. The number of hydrogen-bond donors (Lipinski definition) is 1. The molecule has 0 radical (unpaired) electrons. The van der Waals surface area contributed by atoms with Crippen LogP contribution in [0.15, 0.2) is 31.1 Å². The van der Waals surface area contributed by atoms with Crippen molar-refractivity contribution in [3.63, 3.8) is 0 Å². The molecule has 0 spiro atoms. The molecule has 0 saturated carbocycles. The van der Waals surface area contributed by atoms with Crippen LogP contribution in [0, 0.1) is 6.92 Å². The Morgan fingerprint density at radius 3 is 2.97 bits per heavy atom. The van der Waals surface area contributed by atoms with Gasteiger partial charge < -0.3 is 14.2 Å². The van der Waals surface area contributed by atoms with Crippen molar-refractivity contribution < 1.29 is 9.53 Å². The average molecular weight is 461 g/mol. The Bertz CT molecular complexity index is 1520. The third kappa shape index (κ3) is 3.05. The molecule has 5 aromatic heterocycles. The Kier molecular flexibility index (Phi) is 4.61. The Morgan fingerprint density at radius 1 is 1.26 bits per heavy atom. The van der Waals surface area contributed by atoms with Crippen molar-refractivity contribution in [1.82, 2.24) is 48.8 Å². The fourth-order valence-corrected chi connectivity index (χ4v) is 4.59. The first-order valence-electron chi connectivity index (χ1n) is 11.2. The van der Waals surface area contributed by atoms with Gasteiger partial charge in [-0.2, -0.15) is 10.1 Å². The zero-order chi connectivity index (χ0) is 23.4. The first-order valence-corrected chi connectivity index (χ1v) is 11.2. The highest BCUT2D eigenvalue weighted by atomic mass is 16.5. The largest absolute Gasteiger partial charge is 0.471 e. The maximum absolute atomic E-state index is 13.0. The summed E-state index contributed by atoms with van der Waals surface area (Å²) in [4.78, 5) is 32.7. The number of likely N-dealkylation sites (tertiary alicyclic amines) is 1. The third-order valence-corrected chi connectivity index (χ3v) is 6.44. The molecular formula is C22H24N10O2. The van der Waals surface area contributed by atoms with Gasteiger partial charge in [0.1, 0.15) is 23.8 Å². The number of aromatic nitrogens is 9. The number of ether oxygens (including phenoxy) is 1. The topological polar surface area (TPSA) is 124 Å². The molecule has 0 aromatic carbocycles. The fourth-order valence-electron chi connectivity index (χ4n) is 4.59. The summed E-state index contributed by atoms with van der Waals surface area (Å²) in [6, 6.07) is 0. The minimum Gasteiger partial charge on any atom is -0.471 e. The number of carbonyl (C=O) groups excluding carboxylic acids is 1. The summed E-state index contributed by atoms with van der Waals surface area (Å²) in [5, 5.41) is 7.46. The van der Waals surface area contributed by atoms with Crippen molar-refractivity contribution in [2.24, 2.45) is 7.05 Å². The molecule has 1 aliphatic heterocycles. The fraction of sp³-hybridized carbons (Fsp3) is 0.364. The van der Waals surface area contributed by atoms with Gasteiger partial charge in [-0.1, -0.05) is 0 Å². The Balaban J connectivity index is 1.25. The molecule has 0 aliphatic carbocycles. The molecule has 1 saturated heterocycles. The maximum Gasteiger partial charge on any atom is 0.259 e. The smallest absolute Gasteiger partial charge is 0.259 e. The molecule has 12 heteroatoms. The number of hydrogen-bond acceptors (Lipinski definition) is 7. The van der Waals surface area contributed by atoms with Crippen molar-refractivity contribution in [3.05, 3.63) is 42.4 Å². The van der Waals surface area contributed by atoms with Gasteiger partial charge in [0.05, 0.1) is 18.3 Å². The van der Waals surface area contributed by atoms with Crippen LogP contribution in [0.25, 0.3) is 28.2 Å². The molecule has 5 aromatic rings. The molecule has 34 heavy (non-hydrogen) atoms. The quantitative estimate of drug-likeness (QED) is 0.424. The van der Waals surface area contributed by atoms with Gasteiger partial charge in [0, 0.05) is 50.8 Å². The van der Waals surface area contributed by atoms with Crippen molar-refractivity contribution >= 4 is 22.7 Å². The van der Waals surface area contributed by atoms with Crippen LogP contribution in [0.2, 0.25) is 0 Å². The van der Waals surface area contributed by atoms with Crippen LogP contribution in [0.5, 0.6) is 5.88 Å². The first kappa shape index (κ1) is 20.4. The van der Waals surface area contributed by atoms with Gasteiger partial charge in [-0.15, -0.1) is 0 Å². The van der Waals surface area contributed by atoms with E-state index in [0.717, 1.165) is 23.6 Å². The van der Waals surface area contributed by atoms with Crippen LogP contribution in [0.3, 0.4) is 0 Å². The van der Waals surface area contributed by atoms with Gasteiger partial charge in [0.15, 0.2) is 16.8 Å². The van der Waals surface area contributed by atoms with E-state index in [9.17, 15) is 4.79 Å². The van der Waals surface area contributed by atoms with Crippen LogP contribution < -0.4 is 4.74 Å². The number of rotatable bonds is 5. The van der Waals surface area contributed by atoms with Gasteiger partial charge in [0.25, 0.3) is 5.91 Å². The minimum atomic E-state index is -0.188. The van der Waals surface area contributed by atoms with Crippen LogP contribution in [-0.2, 0) is 13.6 Å². The van der Waals surface area contributed by atoms with E-state index in [0.29, 0.717) is 47.8 Å². The predicted molar refractivity (Wildman–Crippen MR) is 122 cm³/mol. The van der Waals surface area contributed by atoms with Crippen LogP contribution in [0.1, 0.15) is 29.4 Å². The molecule has 174 valence electrons. The normalized spacial score (nSPS) is 16.2. The first-order chi connectivity index (χ1) is 16.5. The molecule has 1 amide bonds. The highest BCUT2D eigenvalue weighted by molar-refractivity contribution is 5.99. The number of fused-ring (bicyclic) bond motifs is 2. The number of aromatic amines is 1. The lowest BCUT2D eigenvalue weighted by Gasteiger charge is -2.16. The lowest BCUT2D eigenvalue weighted by molar-refractivity contribution is 0.0773. The summed E-state index contributed by atoms with van der Waals surface area (Å²) in [5.41, 5.74) is 4.43. The Morgan fingerprint density at radius 2 is 2.15 bits per heavy atom. The van der Waals surface area contributed by atoms with Crippen molar-refractivity contribution in [2.45, 2.75) is 32.9 Å². The molecule has 1 fully saturated rings. The van der Waals surface area contributed by atoms with E-state index in [-0.39, 0.29) is 12.0 Å². The second-order valence-electron chi connectivity index (χ2n) is 8.39. The second kappa shape index (κ2) is 7.68. The summed E-state index contributed by atoms with van der Waals surface area (Å²) in [7, 11) is 1.92. The molecule has 1 aliphatic rings. The van der Waals surface area contributed by atoms with Crippen LogP contribution in [-0.4, -0.2) is 73.9 Å². The lowest BCUT2D eigenvalue weighted by Crippen LogP contribution is -2.31. The third-order valence-electron chi connectivity index (χ3n) is 6.44. The second-order valence-corrected chi connectivity index (χ2v) is 8.39. The summed E-state index contributed by atoms with van der Waals surface area (Å²) in [6.45, 7) is 5.93. The summed E-state index contributed by atoms with van der Waals surface area (Å²) in [6.07, 6.45) is 8.95. The van der Waals surface area contributed by atoms with Gasteiger partial charge in [-0.25, -0.2) is 19.5 Å². The Hall–Kier alpha value is -4.22. The number of H-pyrrole nitrogens is 1. The highest BCUT2D eigenvalue weighted by Crippen LogP contribution is 2.30. The van der Waals surface area contributed by atoms with Crippen LogP contribution >= 0.6 is 0 Å². The molecule has 1 unspecified atom stereocenters. The van der Waals surface area contributed by atoms with E-state index in [2.05, 4.69) is 32.1 Å². The molecule has 6 heterocycles. The minimum absolute atomic E-state index is 0.0695. The van der Waals surface area contributed by atoms with Gasteiger partial charge in [0.2, 0.25) is 5.88 Å². The van der Waals surface area contributed by atoms with Crippen molar-refractivity contribution in [3.8, 4) is 17.3 Å². The highest BCUT2D eigenvalue weighted by Gasteiger charge is 2.31. The number of imidazole rings is 2. The SMILES string of the molecule is CCn1ncc(-c2nc3c(OC4CCN(C(=O)c5c[nH]n6ccnc56)C4)ncnc3n2C)c1C. The van der Waals surface area contributed by atoms with Crippen molar-refractivity contribution in [1.29, 1.82) is 0 Å². The summed E-state index contributed by atoms with van der Waals surface area (Å²) < 4.78 is 11.8. The zero-order valence-corrected chi connectivity index (χ0v) is 19.1. The molecule has 1 atom stereocenters. The average Bonchev–Trinajstić information content (AvgIpc) is 3.63. The van der Waals surface area contributed by atoms with Gasteiger partial charge in [-0.05, 0) is 13.8 Å². The summed E-state index contributed by atoms with van der Waals surface area (Å²) in [5.74, 6) is 1.11. The Labute approximate surface area is 194 Å². The van der Waals surface area contributed by atoms with E-state index in [1.54, 1.807) is 28.0 Å². The van der Waals surface area contributed by atoms with E-state index >= 15 is 0 Å². The van der Waals surface area contributed by atoms with Gasteiger partial charge >= 0.3 is 0 Å². The number of amides is 1. The molecule has 12 nitrogen and oxygen atoms in total. The molecule has 6 rings (SSSR count). The molecule has 1 N–H and O–H groups in total. The monoisotopic (exact) mass is 460 g/mol. The number of nitrogens with one attached hydrogen (secondary N) is 1. The maximum atomic E-state index is 13.0. The number of aryl methyl sites for hydroxylation is 2. The zero-order valence-electron chi connectivity index (χ0n) is 19.1. The lowest BCUT2D eigenvalue weighted by atomic mass is 10.2. The van der Waals surface area contributed by atoms with Crippen molar-refractivity contribution in [2.75, 3.05) is 13.1 Å². The summed E-state index contributed by atoms with van der Waals surface area (Å²) >= 11 is 0. The molecule has 0 bridgehead atoms. The van der Waals surface area contributed by atoms with E-state index < -0.39 is 0 Å². The predicted octanol–water partition coefficient (Wildman–Crippen LogP) is 1.82. The van der Waals surface area contributed by atoms with E-state index in [1.807, 2.05) is 29.4 Å².